The Bertz CT molecular complexity index is 1570. The number of amides is 2. The van der Waals surface area contributed by atoms with Crippen LogP contribution in [0.5, 0.6) is 11.5 Å². The van der Waals surface area contributed by atoms with Crippen LogP contribution in [0.1, 0.15) is 45.9 Å². The summed E-state index contributed by atoms with van der Waals surface area (Å²) in [5.41, 5.74) is 2.60. The Hall–Kier alpha value is -4.32. The number of benzene rings is 1. The van der Waals surface area contributed by atoms with E-state index in [0.717, 1.165) is 5.56 Å². The fraction of sp³-hybridized carbons (Fsp3) is 0.333. The predicted octanol–water partition coefficient (Wildman–Crippen LogP) is 4.47. The molecule has 1 aliphatic rings. The van der Waals surface area contributed by atoms with Crippen LogP contribution in [0.25, 0.3) is 16.5 Å². The normalized spacial score (nSPS) is 14.1. The zero-order valence-corrected chi connectivity index (χ0v) is 20.9. The molecule has 0 unspecified atom stereocenters. The average molecular weight is 486 g/mol. The molecule has 0 atom stereocenters. The number of nitrogens with one attached hydrogen (secondary N) is 1. The molecular formula is C27H27N5O4. The number of aryl methyl sites for hydroxylation is 2. The number of fused-ring (bicyclic) bond motifs is 2. The quantitative estimate of drug-likeness (QED) is 0.446. The van der Waals surface area contributed by atoms with E-state index < -0.39 is 5.41 Å². The molecule has 36 heavy (non-hydrogen) atoms. The Kier molecular flexibility index (Phi) is 5.47. The van der Waals surface area contributed by atoms with E-state index in [1.54, 1.807) is 60.0 Å². The highest BCUT2D eigenvalue weighted by Crippen LogP contribution is 2.37. The van der Waals surface area contributed by atoms with E-state index in [9.17, 15) is 14.9 Å². The molecule has 4 heterocycles. The second-order valence-corrected chi connectivity index (χ2v) is 9.77. The van der Waals surface area contributed by atoms with Gasteiger partial charge in [-0.05, 0) is 45.4 Å². The fourth-order valence-electron chi connectivity index (χ4n) is 4.68. The minimum absolute atomic E-state index is 0.0804. The van der Waals surface area contributed by atoms with Crippen molar-refractivity contribution in [2.24, 2.45) is 11.3 Å². The highest BCUT2D eigenvalue weighted by atomic mass is 16.5. The van der Waals surface area contributed by atoms with Crippen LogP contribution in [0, 0.1) is 36.5 Å². The number of aromatic nitrogens is 2. The molecule has 1 saturated heterocycles. The molecule has 5 rings (SSSR count). The highest BCUT2D eigenvalue weighted by Gasteiger charge is 2.41. The summed E-state index contributed by atoms with van der Waals surface area (Å²) < 4.78 is 13.7. The first-order chi connectivity index (χ1) is 17.1. The smallest absolute Gasteiger partial charge is 0.255 e. The first-order valence-corrected chi connectivity index (χ1v) is 11.7. The number of carbonyl (C=O) groups is 2. The molecule has 2 amide bonds. The highest BCUT2D eigenvalue weighted by molar-refractivity contribution is 6.07. The molecule has 1 fully saturated rings. The van der Waals surface area contributed by atoms with Gasteiger partial charge in [0.25, 0.3) is 11.8 Å². The number of nitriles is 1. The summed E-state index contributed by atoms with van der Waals surface area (Å²) in [5.74, 6) is 1.48. The molecule has 0 aliphatic carbocycles. The van der Waals surface area contributed by atoms with Gasteiger partial charge < -0.3 is 19.4 Å². The lowest BCUT2D eigenvalue weighted by molar-refractivity contribution is 0.0297. The van der Waals surface area contributed by atoms with Crippen molar-refractivity contribution in [3.63, 3.8) is 0 Å². The molecule has 3 aromatic heterocycles. The zero-order chi connectivity index (χ0) is 25.8. The number of nitrogens with zero attached hydrogens (tertiary/aromatic N) is 4. The molecule has 0 saturated carbocycles. The maximum Gasteiger partial charge on any atom is 0.255 e. The van der Waals surface area contributed by atoms with Gasteiger partial charge in [-0.2, -0.15) is 10.4 Å². The third-order valence-electron chi connectivity index (χ3n) is 7.12. The molecule has 184 valence electrons. The summed E-state index contributed by atoms with van der Waals surface area (Å²) in [6, 6.07) is 9.41. The predicted molar refractivity (Wildman–Crippen MR) is 133 cm³/mol. The van der Waals surface area contributed by atoms with E-state index in [2.05, 4.69) is 16.5 Å². The first kappa shape index (κ1) is 23.4. The van der Waals surface area contributed by atoms with Gasteiger partial charge in [-0.1, -0.05) is 0 Å². The number of hydrogen-bond acceptors (Lipinski definition) is 6. The molecule has 0 radical (unpaired) electrons. The maximum atomic E-state index is 13.2. The first-order valence-electron chi connectivity index (χ1n) is 11.7. The van der Waals surface area contributed by atoms with Crippen LogP contribution in [0.3, 0.4) is 0 Å². The summed E-state index contributed by atoms with van der Waals surface area (Å²) in [6.07, 6.45) is 3.34. The molecule has 1 aromatic carbocycles. The molecule has 9 nitrogen and oxygen atoms in total. The molecule has 1 N–H and O–H groups in total. The Morgan fingerprint density at radius 1 is 1.25 bits per heavy atom. The Labute approximate surface area is 208 Å². The number of likely N-dealkylation sites (tertiary alicyclic amines) is 1. The van der Waals surface area contributed by atoms with Gasteiger partial charge >= 0.3 is 0 Å². The third-order valence-corrected chi connectivity index (χ3v) is 7.12. The van der Waals surface area contributed by atoms with Gasteiger partial charge in [0.15, 0.2) is 5.75 Å². The maximum absolute atomic E-state index is 13.2. The van der Waals surface area contributed by atoms with Crippen molar-refractivity contribution in [2.45, 2.75) is 27.7 Å². The third kappa shape index (κ3) is 3.66. The summed E-state index contributed by atoms with van der Waals surface area (Å²) in [4.78, 5) is 27.2. The number of hydrogen-bond donors (Lipinski definition) is 1. The van der Waals surface area contributed by atoms with E-state index in [4.69, 9.17) is 9.15 Å². The molecule has 4 aromatic rings. The second-order valence-electron chi connectivity index (χ2n) is 9.77. The largest absolute Gasteiger partial charge is 0.460 e. The van der Waals surface area contributed by atoms with Crippen LogP contribution >= 0.6 is 0 Å². The van der Waals surface area contributed by atoms with Crippen LogP contribution in [0.4, 0.5) is 0 Å². The molecule has 1 aliphatic heterocycles. The summed E-state index contributed by atoms with van der Waals surface area (Å²) >= 11 is 0. The van der Waals surface area contributed by atoms with Crippen LogP contribution in [0.15, 0.2) is 41.1 Å². The monoisotopic (exact) mass is 485 g/mol. The van der Waals surface area contributed by atoms with E-state index in [1.165, 1.54) is 0 Å². The van der Waals surface area contributed by atoms with Gasteiger partial charge in [0.1, 0.15) is 22.6 Å². The lowest BCUT2D eigenvalue weighted by Crippen LogP contribution is -2.54. The number of furan rings is 1. The van der Waals surface area contributed by atoms with E-state index in [1.807, 2.05) is 20.8 Å². The van der Waals surface area contributed by atoms with Crippen molar-refractivity contribution in [3.05, 3.63) is 59.1 Å². The molecule has 9 heteroatoms. The Morgan fingerprint density at radius 3 is 2.69 bits per heavy atom. The standard InChI is InChI=1S/C27H27N5O4/c1-15-20(26(34)31-11-17(12-31)27(3,4)14-28)13-32-24(15)21(8-9-30-32)36-18-6-7-19-22(10-18)35-16(2)23(19)25(33)29-5/h6-10,13,17H,11-12H2,1-5H3,(H,29,33). The topological polar surface area (TPSA) is 113 Å². The van der Waals surface area contributed by atoms with E-state index in [-0.39, 0.29) is 17.7 Å². The second kappa shape index (κ2) is 8.41. The molecule has 0 bridgehead atoms. The fourth-order valence-corrected chi connectivity index (χ4v) is 4.68. The lowest BCUT2D eigenvalue weighted by Gasteiger charge is -2.44. The SMILES string of the molecule is CNC(=O)c1c(C)oc2cc(Oc3ccnn4cc(C(=O)N5CC(C(C)(C)C#N)C5)c(C)c34)ccc12. The number of carbonyl (C=O) groups excluding carboxylic acids is 2. The van der Waals surface area contributed by atoms with Crippen LogP contribution < -0.4 is 10.1 Å². The van der Waals surface area contributed by atoms with Crippen molar-refractivity contribution in [2.75, 3.05) is 20.1 Å². The lowest BCUT2D eigenvalue weighted by atomic mass is 9.75. The van der Waals surface area contributed by atoms with Gasteiger partial charge in [0.2, 0.25) is 0 Å². The van der Waals surface area contributed by atoms with Crippen molar-refractivity contribution >= 4 is 28.3 Å². The summed E-state index contributed by atoms with van der Waals surface area (Å²) in [6.45, 7) is 8.56. The van der Waals surface area contributed by atoms with Crippen molar-refractivity contribution in [3.8, 4) is 17.6 Å². The van der Waals surface area contributed by atoms with E-state index in [0.29, 0.717) is 58.0 Å². The van der Waals surface area contributed by atoms with Crippen LogP contribution in [0.2, 0.25) is 0 Å². The zero-order valence-electron chi connectivity index (χ0n) is 20.9. The average Bonchev–Trinajstić information content (AvgIpc) is 3.33. The van der Waals surface area contributed by atoms with Crippen molar-refractivity contribution in [1.29, 1.82) is 5.26 Å². The van der Waals surface area contributed by atoms with Gasteiger partial charge in [-0.25, -0.2) is 4.52 Å². The minimum atomic E-state index is -0.464. The van der Waals surface area contributed by atoms with Crippen molar-refractivity contribution < 1.29 is 18.7 Å². The van der Waals surface area contributed by atoms with Crippen LogP contribution in [-0.4, -0.2) is 46.5 Å². The molecule has 0 spiro atoms. The Morgan fingerprint density at radius 2 is 2.00 bits per heavy atom. The van der Waals surface area contributed by atoms with Gasteiger partial charge in [-0.15, -0.1) is 0 Å². The van der Waals surface area contributed by atoms with Crippen molar-refractivity contribution in [1.82, 2.24) is 19.8 Å². The number of rotatable bonds is 5. The molecular weight excluding hydrogens is 458 g/mol. The van der Waals surface area contributed by atoms with Gasteiger partial charge in [0.05, 0.1) is 28.8 Å². The van der Waals surface area contributed by atoms with Gasteiger partial charge in [0, 0.05) is 49.8 Å². The van der Waals surface area contributed by atoms with Gasteiger partial charge in [-0.3, -0.25) is 9.59 Å². The minimum Gasteiger partial charge on any atom is -0.460 e. The van der Waals surface area contributed by atoms with E-state index >= 15 is 0 Å². The Balaban J connectivity index is 1.44. The summed E-state index contributed by atoms with van der Waals surface area (Å²) in [7, 11) is 1.58. The summed E-state index contributed by atoms with van der Waals surface area (Å²) in [5, 5.41) is 17.1. The van der Waals surface area contributed by atoms with Crippen LogP contribution in [-0.2, 0) is 0 Å². The number of ether oxygens (including phenoxy) is 1.